The monoisotopic (exact) mass is 315 g/mol. The first kappa shape index (κ1) is 15.4. The van der Waals surface area contributed by atoms with Gasteiger partial charge in [0.1, 0.15) is 5.75 Å². The van der Waals surface area contributed by atoms with Gasteiger partial charge in [0.05, 0.1) is 6.42 Å². The molecule has 0 aliphatic rings. The number of alkyl halides is 3. The van der Waals surface area contributed by atoms with Crippen LogP contribution in [0.4, 0.5) is 13.2 Å². The topological polar surface area (TPSA) is 38.3 Å². The highest BCUT2D eigenvalue weighted by atomic mass is 32.1. The van der Waals surface area contributed by atoms with E-state index in [1.807, 2.05) is 17.5 Å². The molecule has 112 valence electrons. The normalized spacial score (nSPS) is 11.2. The Bertz CT molecular complexity index is 597. The summed E-state index contributed by atoms with van der Waals surface area (Å²) in [5.41, 5.74) is 0.273. The number of hydrogen-bond acceptors (Lipinski definition) is 3. The van der Waals surface area contributed by atoms with Crippen LogP contribution in [0.3, 0.4) is 0 Å². The van der Waals surface area contributed by atoms with E-state index in [0.717, 1.165) is 4.88 Å². The third-order valence-electron chi connectivity index (χ3n) is 2.59. The van der Waals surface area contributed by atoms with E-state index in [1.165, 1.54) is 29.5 Å². The van der Waals surface area contributed by atoms with Gasteiger partial charge < -0.3 is 10.1 Å². The maximum absolute atomic E-state index is 12.3. The number of nitrogens with one attached hydrogen (secondary N) is 1. The highest BCUT2D eigenvalue weighted by Crippen LogP contribution is 2.26. The van der Waals surface area contributed by atoms with Gasteiger partial charge in [0.25, 0.3) is 0 Å². The summed E-state index contributed by atoms with van der Waals surface area (Å²) in [6.07, 6.45) is -4.54. The molecule has 0 unspecified atom stereocenters. The van der Waals surface area contributed by atoms with Crippen LogP contribution in [0.15, 0.2) is 41.8 Å². The zero-order valence-corrected chi connectivity index (χ0v) is 11.6. The second-order valence-corrected chi connectivity index (χ2v) is 5.22. The number of rotatable bonds is 5. The molecule has 0 atom stereocenters. The fourth-order valence-electron chi connectivity index (χ4n) is 1.70. The number of carbonyl (C=O) groups is 1. The van der Waals surface area contributed by atoms with E-state index in [-0.39, 0.29) is 30.2 Å². The minimum atomic E-state index is -4.75. The van der Waals surface area contributed by atoms with E-state index >= 15 is 0 Å². The lowest BCUT2D eigenvalue weighted by Gasteiger charge is -2.13. The molecule has 0 aliphatic heterocycles. The Hall–Kier alpha value is -2.02. The summed E-state index contributed by atoms with van der Waals surface area (Å²) < 4.78 is 40.7. The van der Waals surface area contributed by atoms with E-state index in [1.54, 1.807) is 6.07 Å². The van der Waals surface area contributed by atoms with Crippen LogP contribution < -0.4 is 10.1 Å². The van der Waals surface area contributed by atoms with Crippen LogP contribution in [-0.2, 0) is 17.8 Å². The third-order valence-corrected chi connectivity index (χ3v) is 3.47. The van der Waals surface area contributed by atoms with Crippen molar-refractivity contribution in [3.8, 4) is 5.75 Å². The van der Waals surface area contributed by atoms with Crippen molar-refractivity contribution in [3.05, 3.63) is 52.2 Å². The lowest BCUT2D eigenvalue weighted by Crippen LogP contribution is -2.25. The molecule has 1 heterocycles. The summed E-state index contributed by atoms with van der Waals surface area (Å²) in [7, 11) is 0. The Morgan fingerprint density at radius 1 is 1.19 bits per heavy atom. The van der Waals surface area contributed by atoms with Gasteiger partial charge in [-0.05, 0) is 17.5 Å². The first-order valence-corrected chi connectivity index (χ1v) is 6.95. The number of ether oxygens (including phenoxy) is 1. The molecule has 1 aromatic heterocycles. The largest absolute Gasteiger partial charge is 0.573 e. The van der Waals surface area contributed by atoms with E-state index < -0.39 is 6.36 Å². The molecule has 0 bridgehead atoms. The van der Waals surface area contributed by atoms with Crippen molar-refractivity contribution in [2.24, 2.45) is 0 Å². The Kier molecular flexibility index (Phi) is 4.85. The van der Waals surface area contributed by atoms with Crippen molar-refractivity contribution in [2.75, 3.05) is 0 Å². The van der Waals surface area contributed by atoms with E-state index in [9.17, 15) is 18.0 Å². The molecule has 0 radical (unpaired) electrons. The van der Waals surface area contributed by atoms with E-state index in [0.29, 0.717) is 0 Å². The van der Waals surface area contributed by atoms with Gasteiger partial charge >= 0.3 is 6.36 Å². The second-order valence-electron chi connectivity index (χ2n) is 4.19. The fraction of sp³-hybridized carbons (Fsp3) is 0.214. The Morgan fingerprint density at radius 3 is 2.62 bits per heavy atom. The van der Waals surface area contributed by atoms with Gasteiger partial charge in [0.2, 0.25) is 5.91 Å². The average molecular weight is 315 g/mol. The van der Waals surface area contributed by atoms with Gasteiger partial charge in [0.15, 0.2) is 0 Å². The summed E-state index contributed by atoms with van der Waals surface area (Å²) in [5, 5.41) is 4.44. The Morgan fingerprint density at radius 2 is 1.95 bits per heavy atom. The molecular formula is C14H12F3NO2S. The van der Waals surface area contributed by atoms with Crippen LogP contribution in [0.2, 0.25) is 0 Å². The standard InChI is InChI=1S/C14H12F3NO2S/c15-14(16,17)20-12-6-2-1-4-10(12)9-18-13(19)8-11-5-3-7-21-11/h1-7H,8-9H2,(H,18,19). The van der Waals surface area contributed by atoms with Crippen LogP contribution in [0.25, 0.3) is 0 Å². The van der Waals surface area contributed by atoms with Crippen molar-refractivity contribution in [3.63, 3.8) is 0 Å². The first-order valence-electron chi connectivity index (χ1n) is 6.07. The maximum Gasteiger partial charge on any atom is 0.573 e. The van der Waals surface area contributed by atoms with Crippen molar-refractivity contribution in [1.82, 2.24) is 5.32 Å². The van der Waals surface area contributed by atoms with Crippen LogP contribution in [0.5, 0.6) is 5.75 Å². The zero-order chi connectivity index (χ0) is 15.3. The summed E-state index contributed by atoms with van der Waals surface area (Å²) in [5.74, 6) is -0.555. The molecule has 0 saturated heterocycles. The van der Waals surface area contributed by atoms with Gasteiger partial charge in [-0.15, -0.1) is 24.5 Å². The van der Waals surface area contributed by atoms with Gasteiger partial charge in [-0.2, -0.15) is 0 Å². The molecule has 0 fully saturated rings. The van der Waals surface area contributed by atoms with Crippen molar-refractivity contribution in [1.29, 1.82) is 0 Å². The molecule has 0 saturated carbocycles. The smallest absolute Gasteiger partial charge is 0.405 e. The summed E-state index contributed by atoms with van der Waals surface area (Å²) in [4.78, 5) is 12.6. The molecule has 2 aromatic rings. The van der Waals surface area contributed by atoms with Crippen molar-refractivity contribution in [2.45, 2.75) is 19.3 Å². The lowest BCUT2D eigenvalue weighted by molar-refractivity contribution is -0.274. The average Bonchev–Trinajstić information content (AvgIpc) is 2.89. The van der Waals surface area contributed by atoms with Gasteiger partial charge in [0, 0.05) is 17.0 Å². The number of benzene rings is 1. The number of para-hydroxylation sites is 1. The van der Waals surface area contributed by atoms with Crippen molar-refractivity contribution >= 4 is 17.2 Å². The lowest BCUT2D eigenvalue weighted by atomic mass is 10.2. The van der Waals surface area contributed by atoms with Crippen LogP contribution in [0.1, 0.15) is 10.4 Å². The predicted octanol–water partition coefficient (Wildman–Crippen LogP) is 3.51. The third kappa shape index (κ3) is 5.11. The molecule has 2 rings (SSSR count). The molecule has 3 nitrogen and oxygen atoms in total. The quantitative estimate of drug-likeness (QED) is 0.917. The minimum Gasteiger partial charge on any atom is -0.405 e. The van der Waals surface area contributed by atoms with Crippen molar-refractivity contribution < 1.29 is 22.7 Å². The highest BCUT2D eigenvalue weighted by molar-refractivity contribution is 7.10. The van der Waals surface area contributed by atoms with E-state index in [4.69, 9.17) is 0 Å². The predicted molar refractivity (Wildman–Crippen MR) is 73.0 cm³/mol. The first-order chi connectivity index (χ1) is 9.94. The van der Waals surface area contributed by atoms with Gasteiger partial charge in [-0.1, -0.05) is 24.3 Å². The second kappa shape index (κ2) is 6.62. The minimum absolute atomic E-state index is 0.0174. The maximum atomic E-state index is 12.3. The zero-order valence-electron chi connectivity index (χ0n) is 10.8. The summed E-state index contributed by atoms with van der Waals surface area (Å²) in [6.45, 7) is -0.0174. The summed E-state index contributed by atoms with van der Waals surface area (Å²) >= 11 is 1.45. The van der Waals surface area contributed by atoms with E-state index in [2.05, 4.69) is 10.1 Å². The molecule has 0 aliphatic carbocycles. The molecule has 7 heteroatoms. The molecule has 0 spiro atoms. The number of carbonyl (C=O) groups excluding carboxylic acids is 1. The number of halogens is 3. The Labute approximate surface area is 123 Å². The number of hydrogen-bond donors (Lipinski definition) is 1. The van der Waals surface area contributed by atoms with Crippen LogP contribution >= 0.6 is 11.3 Å². The number of amides is 1. The molecular weight excluding hydrogens is 303 g/mol. The summed E-state index contributed by atoms with van der Waals surface area (Å²) in [6, 6.07) is 9.38. The number of thiophene rings is 1. The highest BCUT2D eigenvalue weighted by Gasteiger charge is 2.31. The van der Waals surface area contributed by atoms with Gasteiger partial charge in [-0.25, -0.2) is 0 Å². The fourth-order valence-corrected chi connectivity index (χ4v) is 2.41. The Balaban J connectivity index is 1.95. The van der Waals surface area contributed by atoms with Crippen LogP contribution in [0, 0.1) is 0 Å². The molecule has 1 N–H and O–H groups in total. The van der Waals surface area contributed by atoms with Gasteiger partial charge in [-0.3, -0.25) is 4.79 Å². The SMILES string of the molecule is O=C(Cc1cccs1)NCc1ccccc1OC(F)(F)F. The molecule has 1 aromatic carbocycles. The molecule has 1 amide bonds. The van der Waals surface area contributed by atoms with Crippen LogP contribution in [-0.4, -0.2) is 12.3 Å². The molecule has 21 heavy (non-hydrogen) atoms.